The molecule has 1 spiro atoms. The Morgan fingerprint density at radius 3 is 1.88 bits per heavy atom. The number of hydrogen-bond acceptors (Lipinski definition) is 2. The van der Waals surface area contributed by atoms with Gasteiger partial charge in [-0.3, -0.25) is 4.79 Å². The van der Waals surface area contributed by atoms with Crippen LogP contribution in [-0.2, 0) is 4.79 Å². The van der Waals surface area contributed by atoms with Gasteiger partial charge in [0.2, 0.25) is 0 Å². The fourth-order valence-corrected chi connectivity index (χ4v) is 3.64. The number of aliphatic hydroxyl groups is 1. The Bertz CT molecular complexity index is 303. The molecule has 0 amide bonds. The van der Waals surface area contributed by atoms with Gasteiger partial charge in [-0.1, -0.05) is 12.8 Å². The highest BCUT2D eigenvalue weighted by atomic mass is 16.4. The van der Waals surface area contributed by atoms with Gasteiger partial charge in [0.05, 0.1) is 11.0 Å². The standard InChI is InChI=1S/C14H24O3/c1-12(2,11(15)16)14(17)9-7-13(8-10-14)5-3-4-6-13/h17H,3-10H2,1-2H3,(H,15,16). The third-order valence-corrected chi connectivity index (χ3v) is 5.50. The van der Waals surface area contributed by atoms with Crippen LogP contribution in [0.1, 0.15) is 65.2 Å². The van der Waals surface area contributed by atoms with Crippen molar-refractivity contribution in [2.24, 2.45) is 10.8 Å². The molecule has 2 fully saturated rings. The van der Waals surface area contributed by atoms with Crippen molar-refractivity contribution in [3.05, 3.63) is 0 Å². The summed E-state index contributed by atoms with van der Waals surface area (Å²) in [7, 11) is 0. The molecule has 2 aliphatic rings. The van der Waals surface area contributed by atoms with Crippen molar-refractivity contribution in [1.82, 2.24) is 0 Å². The topological polar surface area (TPSA) is 57.5 Å². The maximum absolute atomic E-state index is 11.3. The predicted octanol–water partition coefficient (Wildman–Crippen LogP) is 2.96. The van der Waals surface area contributed by atoms with Crippen molar-refractivity contribution in [3.63, 3.8) is 0 Å². The van der Waals surface area contributed by atoms with Crippen LogP contribution in [-0.4, -0.2) is 21.8 Å². The first-order valence-electron chi connectivity index (χ1n) is 6.77. The van der Waals surface area contributed by atoms with Gasteiger partial charge in [-0.15, -0.1) is 0 Å². The number of rotatable bonds is 2. The third kappa shape index (κ3) is 1.99. The van der Waals surface area contributed by atoms with Crippen molar-refractivity contribution in [2.45, 2.75) is 70.8 Å². The molecule has 0 saturated heterocycles. The number of carbonyl (C=O) groups is 1. The zero-order valence-electron chi connectivity index (χ0n) is 11.0. The summed E-state index contributed by atoms with van der Waals surface area (Å²) in [6.45, 7) is 3.31. The number of carboxylic acids is 1. The Hall–Kier alpha value is -0.570. The van der Waals surface area contributed by atoms with E-state index in [-0.39, 0.29) is 0 Å². The van der Waals surface area contributed by atoms with Crippen LogP contribution >= 0.6 is 0 Å². The van der Waals surface area contributed by atoms with Crippen molar-refractivity contribution < 1.29 is 15.0 Å². The minimum atomic E-state index is -1.03. The lowest BCUT2D eigenvalue weighted by Gasteiger charge is -2.48. The second kappa shape index (κ2) is 3.98. The van der Waals surface area contributed by atoms with Crippen LogP contribution in [0.5, 0.6) is 0 Å². The highest BCUT2D eigenvalue weighted by Gasteiger charge is 2.53. The predicted molar refractivity (Wildman–Crippen MR) is 65.7 cm³/mol. The average molecular weight is 240 g/mol. The minimum absolute atomic E-state index is 0.431. The molecular weight excluding hydrogens is 216 g/mol. The van der Waals surface area contributed by atoms with E-state index in [9.17, 15) is 15.0 Å². The van der Waals surface area contributed by atoms with Gasteiger partial charge in [0, 0.05) is 0 Å². The maximum atomic E-state index is 11.3. The number of hydrogen-bond donors (Lipinski definition) is 2. The van der Waals surface area contributed by atoms with Gasteiger partial charge >= 0.3 is 5.97 Å². The van der Waals surface area contributed by atoms with Gasteiger partial charge in [-0.05, 0) is 57.8 Å². The molecule has 2 rings (SSSR count). The average Bonchev–Trinajstić information content (AvgIpc) is 2.71. The van der Waals surface area contributed by atoms with Crippen molar-refractivity contribution in [2.75, 3.05) is 0 Å². The largest absolute Gasteiger partial charge is 0.481 e. The summed E-state index contributed by atoms with van der Waals surface area (Å²) in [5.41, 5.74) is -1.62. The van der Waals surface area contributed by atoms with Crippen LogP contribution in [0.2, 0.25) is 0 Å². The van der Waals surface area contributed by atoms with E-state index in [1.807, 2.05) is 0 Å². The molecule has 0 aromatic heterocycles. The monoisotopic (exact) mass is 240 g/mol. The Kier molecular flexibility index (Phi) is 3.01. The van der Waals surface area contributed by atoms with Crippen LogP contribution in [0.4, 0.5) is 0 Å². The lowest BCUT2D eigenvalue weighted by atomic mass is 9.60. The zero-order chi connectivity index (χ0) is 12.7. The molecule has 0 atom stereocenters. The highest BCUT2D eigenvalue weighted by Crippen LogP contribution is 2.54. The molecule has 0 aliphatic heterocycles. The van der Waals surface area contributed by atoms with E-state index in [0.29, 0.717) is 18.3 Å². The zero-order valence-corrected chi connectivity index (χ0v) is 11.0. The van der Waals surface area contributed by atoms with Gasteiger partial charge in [0.15, 0.2) is 0 Å². The first-order valence-corrected chi connectivity index (χ1v) is 6.77. The highest BCUT2D eigenvalue weighted by molar-refractivity contribution is 5.75. The Balaban J connectivity index is 2.09. The number of carboxylic acid groups (broad SMARTS) is 1. The van der Waals surface area contributed by atoms with E-state index >= 15 is 0 Å². The molecule has 0 heterocycles. The quantitative estimate of drug-likeness (QED) is 0.780. The molecule has 2 aliphatic carbocycles. The van der Waals surface area contributed by atoms with Gasteiger partial charge in [-0.2, -0.15) is 0 Å². The van der Waals surface area contributed by atoms with E-state index in [2.05, 4.69) is 0 Å². The molecule has 0 bridgehead atoms. The van der Waals surface area contributed by atoms with Crippen molar-refractivity contribution in [3.8, 4) is 0 Å². The lowest BCUT2D eigenvalue weighted by molar-refractivity contribution is -0.173. The van der Waals surface area contributed by atoms with Crippen molar-refractivity contribution in [1.29, 1.82) is 0 Å². The summed E-state index contributed by atoms with van der Waals surface area (Å²) in [4.78, 5) is 11.3. The normalized spacial score (nSPS) is 27.2. The molecule has 98 valence electrons. The summed E-state index contributed by atoms with van der Waals surface area (Å²) >= 11 is 0. The second-order valence-electron chi connectivity index (χ2n) is 6.67. The Labute approximate surface area is 103 Å². The van der Waals surface area contributed by atoms with Crippen molar-refractivity contribution >= 4 is 5.97 Å². The first-order chi connectivity index (χ1) is 7.81. The fraction of sp³-hybridized carbons (Fsp3) is 0.929. The number of aliphatic carboxylic acids is 1. The molecule has 2 saturated carbocycles. The minimum Gasteiger partial charge on any atom is -0.481 e. The second-order valence-corrected chi connectivity index (χ2v) is 6.67. The van der Waals surface area contributed by atoms with Gasteiger partial charge < -0.3 is 10.2 Å². The molecule has 2 N–H and O–H groups in total. The smallest absolute Gasteiger partial charge is 0.312 e. The van der Waals surface area contributed by atoms with Crippen LogP contribution in [0.3, 0.4) is 0 Å². The summed E-state index contributed by atoms with van der Waals surface area (Å²) in [5.74, 6) is -0.887. The van der Waals surface area contributed by atoms with Gasteiger partial charge in [-0.25, -0.2) is 0 Å². The lowest BCUT2D eigenvalue weighted by Crippen LogP contribution is -2.52. The Morgan fingerprint density at radius 2 is 1.47 bits per heavy atom. The van der Waals surface area contributed by atoms with E-state index in [4.69, 9.17) is 0 Å². The summed E-state index contributed by atoms with van der Waals surface area (Å²) in [6.07, 6.45) is 8.45. The van der Waals surface area contributed by atoms with E-state index < -0.39 is 17.0 Å². The van der Waals surface area contributed by atoms with Crippen LogP contribution in [0, 0.1) is 10.8 Å². The van der Waals surface area contributed by atoms with E-state index in [0.717, 1.165) is 12.8 Å². The molecule has 3 nitrogen and oxygen atoms in total. The van der Waals surface area contributed by atoms with E-state index in [1.165, 1.54) is 25.7 Å². The maximum Gasteiger partial charge on any atom is 0.312 e. The molecule has 0 aromatic rings. The van der Waals surface area contributed by atoms with Crippen LogP contribution < -0.4 is 0 Å². The van der Waals surface area contributed by atoms with E-state index in [1.54, 1.807) is 13.8 Å². The van der Waals surface area contributed by atoms with Crippen LogP contribution in [0.15, 0.2) is 0 Å². The van der Waals surface area contributed by atoms with Gasteiger partial charge in [0.25, 0.3) is 0 Å². The molecule has 3 heteroatoms. The summed E-state index contributed by atoms with van der Waals surface area (Å²) < 4.78 is 0. The SMILES string of the molecule is CC(C)(C(=O)O)C1(O)CCC2(CCCC2)CC1. The molecular formula is C14H24O3. The third-order valence-electron chi connectivity index (χ3n) is 5.50. The molecule has 17 heavy (non-hydrogen) atoms. The van der Waals surface area contributed by atoms with Crippen LogP contribution in [0.25, 0.3) is 0 Å². The molecule has 0 aromatic carbocycles. The molecule has 0 radical (unpaired) electrons. The summed E-state index contributed by atoms with van der Waals surface area (Å²) in [5, 5.41) is 19.9. The summed E-state index contributed by atoms with van der Waals surface area (Å²) in [6, 6.07) is 0. The fourth-order valence-electron chi connectivity index (χ4n) is 3.64. The van der Waals surface area contributed by atoms with Gasteiger partial charge in [0.1, 0.15) is 0 Å². The first kappa shape index (κ1) is 12.9. The Morgan fingerprint density at radius 1 is 1.00 bits per heavy atom. The molecule has 0 unspecified atom stereocenters.